The Balaban J connectivity index is 1.50. The highest BCUT2D eigenvalue weighted by molar-refractivity contribution is 7.13. The molecule has 11 nitrogen and oxygen atoms in total. The third-order valence-corrected chi connectivity index (χ3v) is 8.61. The van der Waals surface area contributed by atoms with Crippen LogP contribution in [0.4, 0.5) is 4.79 Å². The lowest BCUT2D eigenvalue weighted by Gasteiger charge is -2.36. The number of rotatable bonds is 13. The molecular weight excluding hydrogens is 546 g/mol. The summed E-state index contributed by atoms with van der Waals surface area (Å²) < 4.78 is 0. The van der Waals surface area contributed by atoms with Crippen LogP contribution in [0.25, 0.3) is 10.4 Å². The van der Waals surface area contributed by atoms with E-state index in [-0.39, 0.29) is 43.7 Å². The van der Waals surface area contributed by atoms with Gasteiger partial charge >= 0.3 is 6.09 Å². The first-order chi connectivity index (χ1) is 19.4. The third kappa shape index (κ3) is 8.74. The number of benzene rings is 1. The van der Waals surface area contributed by atoms with E-state index in [4.69, 9.17) is 5.11 Å². The highest BCUT2D eigenvalue weighted by Gasteiger charge is 2.46. The first-order valence-electron chi connectivity index (χ1n) is 13.9. The number of carboxylic acid groups (broad SMARTS) is 1. The zero-order valence-electron chi connectivity index (χ0n) is 24.1. The maximum absolute atomic E-state index is 13.6. The van der Waals surface area contributed by atoms with Gasteiger partial charge in [0, 0.05) is 38.5 Å². The molecule has 1 saturated heterocycles. The van der Waals surface area contributed by atoms with E-state index in [2.05, 4.69) is 20.9 Å². The molecule has 224 valence electrons. The number of hydrogen-bond acceptors (Lipinski definition) is 7. The Hall–Kier alpha value is -3.51. The Labute approximate surface area is 244 Å². The number of β-amino-alcohol motifs (C(OH)–C–C–N with tert-alkyl or cyclic N) is 1. The number of aliphatic hydroxyl groups excluding tert-OH is 1. The number of unbranched alkanes of at least 4 members (excludes halogenated alkanes) is 1. The van der Waals surface area contributed by atoms with Crippen LogP contribution in [-0.4, -0.2) is 81.7 Å². The van der Waals surface area contributed by atoms with E-state index in [9.17, 15) is 24.3 Å². The van der Waals surface area contributed by atoms with Gasteiger partial charge in [-0.15, -0.1) is 11.3 Å². The van der Waals surface area contributed by atoms with Crippen molar-refractivity contribution >= 4 is 35.2 Å². The number of thiazole rings is 1. The van der Waals surface area contributed by atoms with Crippen LogP contribution in [0.5, 0.6) is 0 Å². The molecule has 0 radical (unpaired) electrons. The van der Waals surface area contributed by atoms with Crippen LogP contribution in [0.1, 0.15) is 57.7 Å². The molecule has 3 atom stereocenters. The molecule has 4 amide bonds. The van der Waals surface area contributed by atoms with Crippen molar-refractivity contribution < 1.29 is 29.4 Å². The Bertz CT molecular complexity index is 1210. The molecule has 0 unspecified atom stereocenters. The number of likely N-dealkylation sites (tertiary alicyclic amines) is 1. The third-order valence-electron chi connectivity index (χ3n) is 7.64. The summed E-state index contributed by atoms with van der Waals surface area (Å²) in [5.74, 6) is -0.865. The topological polar surface area (TPSA) is 161 Å². The maximum Gasteiger partial charge on any atom is 0.404 e. The van der Waals surface area contributed by atoms with Crippen molar-refractivity contribution in [1.82, 2.24) is 25.8 Å². The molecule has 1 aromatic heterocycles. The lowest BCUT2D eigenvalue weighted by atomic mass is 9.83. The van der Waals surface area contributed by atoms with Crippen LogP contribution in [0.3, 0.4) is 0 Å². The van der Waals surface area contributed by atoms with Crippen LogP contribution in [0, 0.1) is 12.3 Å². The summed E-state index contributed by atoms with van der Waals surface area (Å²) in [4.78, 5) is 56.4. The molecular formula is C29H41N5O6S. The number of aliphatic hydroxyl groups is 1. The van der Waals surface area contributed by atoms with Crippen molar-refractivity contribution in [3.05, 3.63) is 41.0 Å². The summed E-state index contributed by atoms with van der Waals surface area (Å²) in [7, 11) is 0. The number of nitrogens with zero attached hydrogens (tertiary/aromatic N) is 2. The van der Waals surface area contributed by atoms with Gasteiger partial charge in [0.2, 0.25) is 17.7 Å². The van der Waals surface area contributed by atoms with Gasteiger partial charge in [0.15, 0.2) is 0 Å². The van der Waals surface area contributed by atoms with Crippen LogP contribution in [-0.2, 0) is 20.8 Å². The average Bonchev–Trinajstić information content (AvgIpc) is 3.53. The Morgan fingerprint density at radius 3 is 2.46 bits per heavy atom. The first kappa shape index (κ1) is 32.0. The van der Waals surface area contributed by atoms with Crippen molar-refractivity contribution in [3.8, 4) is 10.4 Å². The van der Waals surface area contributed by atoms with Gasteiger partial charge in [-0.25, -0.2) is 9.78 Å². The molecule has 2 heterocycles. The molecule has 0 spiro atoms. The minimum Gasteiger partial charge on any atom is -0.465 e. The van der Waals surface area contributed by atoms with Crippen molar-refractivity contribution in [1.29, 1.82) is 0 Å². The Morgan fingerprint density at radius 2 is 1.83 bits per heavy atom. The minimum atomic E-state index is -1.10. The summed E-state index contributed by atoms with van der Waals surface area (Å²) in [6, 6.07) is 6.83. The van der Waals surface area contributed by atoms with E-state index in [0.717, 1.165) is 21.7 Å². The number of aromatic nitrogens is 1. The molecule has 1 fully saturated rings. The number of carbonyl (C=O) groups excluding carboxylic acids is 3. The molecule has 5 N–H and O–H groups in total. The Kier molecular flexibility index (Phi) is 11.2. The van der Waals surface area contributed by atoms with E-state index >= 15 is 0 Å². The number of aryl methyl sites for hydroxylation is 1. The van der Waals surface area contributed by atoms with Crippen LogP contribution in [0.2, 0.25) is 0 Å². The summed E-state index contributed by atoms with van der Waals surface area (Å²) >= 11 is 1.60. The zero-order valence-corrected chi connectivity index (χ0v) is 24.9. The SMILES string of the molecule is Cc1ncsc1-c1ccc(CCNC(=O)[C@@H]2C[C@@H](O)CN2C(=O)C(C)(C)[C@H](C)NC(=O)CCCCNC(=O)O)cc1. The maximum atomic E-state index is 13.6. The van der Waals surface area contributed by atoms with Crippen molar-refractivity contribution in [3.63, 3.8) is 0 Å². The van der Waals surface area contributed by atoms with Gasteiger partial charge in [0.05, 0.1) is 27.6 Å². The van der Waals surface area contributed by atoms with Gasteiger partial charge < -0.3 is 31.1 Å². The molecule has 1 aliphatic heterocycles. The molecule has 12 heteroatoms. The highest BCUT2D eigenvalue weighted by Crippen LogP contribution is 2.30. The Morgan fingerprint density at radius 1 is 1.12 bits per heavy atom. The van der Waals surface area contributed by atoms with Gasteiger partial charge in [-0.1, -0.05) is 24.3 Å². The quantitative estimate of drug-likeness (QED) is 0.225. The van der Waals surface area contributed by atoms with Gasteiger partial charge in [0.25, 0.3) is 0 Å². The van der Waals surface area contributed by atoms with E-state index < -0.39 is 29.7 Å². The molecule has 41 heavy (non-hydrogen) atoms. The predicted octanol–water partition coefficient (Wildman–Crippen LogP) is 2.71. The fourth-order valence-corrected chi connectivity index (χ4v) is 5.60. The largest absolute Gasteiger partial charge is 0.465 e. The fourth-order valence-electron chi connectivity index (χ4n) is 4.79. The fraction of sp³-hybridized carbons (Fsp3) is 0.552. The summed E-state index contributed by atoms with van der Waals surface area (Å²) in [5.41, 5.74) is 3.97. The molecule has 0 aliphatic carbocycles. The average molecular weight is 588 g/mol. The first-order valence-corrected chi connectivity index (χ1v) is 14.8. The van der Waals surface area contributed by atoms with Gasteiger partial charge in [-0.3, -0.25) is 14.4 Å². The zero-order chi connectivity index (χ0) is 30.2. The summed E-state index contributed by atoms with van der Waals surface area (Å²) in [5, 5.41) is 27.0. The molecule has 0 bridgehead atoms. The second-order valence-electron chi connectivity index (χ2n) is 11.1. The second-order valence-corrected chi connectivity index (χ2v) is 11.9. The minimum absolute atomic E-state index is 0.0516. The summed E-state index contributed by atoms with van der Waals surface area (Å²) in [6.45, 7) is 7.87. The van der Waals surface area contributed by atoms with Gasteiger partial charge in [0.1, 0.15) is 6.04 Å². The number of carbonyl (C=O) groups is 4. The normalized spacial score (nSPS) is 17.6. The van der Waals surface area contributed by atoms with E-state index in [0.29, 0.717) is 25.8 Å². The van der Waals surface area contributed by atoms with E-state index in [1.165, 1.54) is 4.90 Å². The molecule has 3 rings (SSSR count). The van der Waals surface area contributed by atoms with Crippen molar-refractivity contribution in [2.24, 2.45) is 5.41 Å². The molecule has 1 aliphatic rings. The predicted molar refractivity (Wildman–Crippen MR) is 156 cm³/mol. The second kappa shape index (κ2) is 14.4. The molecule has 1 aromatic carbocycles. The number of hydrogen-bond donors (Lipinski definition) is 5. The standard InChI is InChI=1S/C29H41N5O6S/c1-18-25(41-17-32-18)21-10-8-20(9-11-21)12-14-30-26(37)23-15-22(35)16-34(23)27(38)29(3,4)19(2)33-24(36)7-5-6-13-31-28(39)40/h8-11,17,19,22-23,31,35H,5-7,12-16H2,1-4H3,(H,30,37)(H,33,36)(H,39,40)/t19-,22+,23-/m0/s1. The monoisotopic (exact) mass is 587 g/mol. The van der Waals surface area contributed by atoms with Gasteiger partial charge in [-0.2, -0.15) is 0 Å². The smallest absolute Gasteiger partial charge is 0.404 e. The van der Waals surface area contributed by atoms with Crippen LogP contribution in [0.15, 0.2) is 29.8 Å². The van der Waals surface area contributed by atoms with Crippen molar-refractivity contribution in [2.45, 2.75) is 78.0 Å². The van der Waals surface area contributed by atoms with E-state index in [1.54, 1.807) is 32.1 Å². The van der Waals surface area contributed by atoms with Crippen molar-refractivity contribution in [2.75, 3.05) is 19.6 Å². The van der Waals surface area contributed by atoms with E-state index in [1.807, 2.05) is 36.7 Å². The van der Waals surface area contributed by atoms with Crippen LogP contribution < -0.4 is 16.0 Å². The molecule has 2 aromatic rings. The van der Waals surface area contributed by atoms with Crippen LogP contribution >= 0.6 is 11.3 Å². The number of amides is 4. The highest BCUT2D eigenvalue weighted by atomic mass is 32.1. The van der Waals surface area contributed by atoms with Gasteiger partial charge in [-0.05, 0) is 58.1 Å². The summed E-state index contributed by atoms with van der Waals surface area (Å²) in [6.07, 6.45) is 0.101. The molecule has 0 saturated carbocycles. The lowest BCUT2D eigenvalue weighted by molar-refractivity contribution is -0.147. The lowest BCUT2D eigenvalue weighted by Crippen LogP contribution is -2.55. The number of nitrogens with one attached hydrogen (secondary N) is 3.